The van der Waals surface area contributed by atoms with Crippen molar-refractivity contribution in [3.8, 4) is 0 Å². The molecule has 6 nitrogen and oxygen atoms in total. The highest BCUT2D eigenvalue weighted by atomic mass is 35.5. The minimum atomic E-state index is -3.28. The molecule has 9 heteroatoms. The first-order valence-corrected chi connectivity index (χ1v) is 12.8. The standard InChI is InChI=1S/C21H20ClN3O3S2/c1-12(30(2,27)28)15-7-13(5-6-23-15)18(26)25-21-9-20(10-21,11-21)19-24-16-8-14(22)3-4-17(16)29-19/h3-8,12H,9-11H2,1-2H3,(H,25,26). The highest BCUT2D eigenvalue weighted by Gasteiger charge is 2.70. The second kappa shape index (κ2) is 6.48. The van der Waals surface area contributed by atoms with E-state index in [2.05, 4.69) is 10.3 Å². The number of sulfone groups is 1. The lowest BCUT2D eigenvalue weighted by molar-refractivity contribution is -0.0807. The van der Waals surface area contributed by atoms with E-state index >= 15 is 0 Å². The lowest BCUT2D eigenvalue weighted by atomic mass is 9.39. The van der Waals surface area contributed by atoms with Gasteiger partial charge in [-0.05, 0) is 56.5 Å². The Bertz CT molecular complexity index is 1280. The molecule has 2 aromatic heterocycles. The number of hydrogen-bond donors (Lipinski definition) is 1. The first kappa shape index (κ1) is 19.9. The largest absolute Gasteiger partial charge is 0.346 e. The Morgan fingerprint density at radius 3 is 2.67 bits per heavy atom. The van der Waals surface area contributed by atoms with E-state index < -0.39 is 15.1 Å². The molecular formula is C21H20ClN3O3S2. The van der Waals surface area contributed by atoms with Crippen molar-refractivity contribution in [2.45, 2.75) is 42.4 Å². The van der Waals surface area contributed by atoms with Gasteiger partial charge in [0.05, 0.1) is 15.9 Å². The number of aromatic nitrogens is 2. The van der Waals surface area contributed by atoms with E-state index in [9.17, 15) is 13.2 Å². The summed E-state index contributed by atoms with van der Waals surface area (Å²) in [6.07, 6.45) is 5.27. The van der Waals surface area contributed by atoms with Gasteiger partial charge < -0.3 is 5.32 Å². The fraction of sp³-hybridized carbons (Fsp3) is 0.381. The van der Waals surface area contributed by atoms with Crippen molar-refractivity contribution < 1.29 is 13.2 Å². The zero-order chi connectivity index (χ0) is 21.3. The molecule has 1 amide bonds. The van der Waals surface area contributed by atoms with Crippen molar-refractivity contribution in [1.82, 2.24) is 15.3 Å². The van der Waals surface area contributed by atoms with Crippen molar-refractivity contribution in [3.05, 3.63) is 57.8 Å². The molecule has 3 aromatic rings. The molecule has 3 saturated carbocycles. The van der Waals surface area contributed by atoms with Gasteiger partial charge in [-0.3, -0.25) is 9.78 Å². The molecule has 6 rings (SSSR count). The lowest BCUT2D eigenvalue weighted by Gasteiger charge is -2.69. The maximum Gasteiger partial charge on any atom is 0.251 e. The van der Waals surface area contributed by atoms with Crippen LogP contribution in [0.5, 0.6) is 0 Å². The van der Waals surface area contributed by atoms with Crippen molar-refractivity contribution in [2.75, 3.05) is 6.26 Å². The zero-order valence-electron chi connectivity index (χ0n) is 16.5. The van der Waals surface area contributed by atoms with E-state index in [1.54, 1.807) is 30.4 Å². The average molecular weight is 462 g/mol. The van der Waals surface area contributed by atoms with Crippen LogP contribution in [0.1, 0.15) is 52.5 Å². The molecule has 156 valence electrons. The number of pyridine rings is 1. The van der Waals surface area contributed by atoms with Crippen LogP contribution in [-0.2, 0) is 15.3 Å². The lowest BCUT2D eigenvalue weighted by Crippen LogP contribution is -2.76. The Morgan fingerprint density at radius 2 is 1.97 bits per heavy atom. The van der Waals surface area contributed by atoms with Gasteiger partial charge in [-0.15, -0.1) is 11.3 Å². The highest BCUT2D eigenvalue weighted by Crippen LogP contribution is 2.68. The number of fused-ring (bicyclic) bond motifs is 1. The van der Waals surface area contributed by atoms with E-state index in [1.807, 2.05) is 18.2 Å². The molecule has 0 spiro atoms. The van der Waals surface area contributed by atoms with Crippen molar-refractivity contribution >= 4 is 48.9 Å². The minimum absolute atomic E-state index is 0.0532. The van der Waals surface area contributed by atoms with Crippen LogP contribution in [0.25, 0.3) is 10.2 Å². The molecule has 0 radical (unpaired) electrons. The van der Waals surface area contributed by atoms with Crippen molar-refractivity contribution in [1.29, 1.82) is 0 Å². The van der Waals surface area contributed by atoms with Crippen molar-refractivity contribution in [2.24, 2.45) is 0 Å². The molecule has 30 heavy (non-hydrogen) atoms. The number of carbonyl (C=O) groups is 1. The van der Waals surface area contributed by atoms with E-state index in [0.29, 0.717) is 16.3 Å². The van der Waals surface area contributed by atoms with E-state index in [0.717, 1.165) is 34.5 Å². The van der Waals surface area contributed by atoms with Crippen LogP contribution in [0, 0.1) is 0 Å². The fourth-order valence-electron chi connectivity index (χ4n) is 4.62. The first-order chi connectivity index (χ1) is 14.1. The number of rotatable bonds is 5. The Balaban J connectivity index is 1.29. The first-order valence-electron chi connectivity index (χ1n) is 9.63. The second-order valence-corrected chi connectivity index (χ2v) is 12.5. The summed E-state index contributed by atoms with van der Waals surface area (Å²) in [5, 5.41) is 4.20. The van der Waals surface area contributed by atoms with Gasteiger partial charge >= 0.3 is 0 Å². The summed E-state index contributed by atoms with van der Waals surface area (Å²) in [6.45, 7) is 1.58. The van der Waals surface area contributed by atoms with Crippen LogP contribution in [0.2, 0.25) is 5.02 Å². The molecule has 1 unspecified atom stereocenters. The Morgan fingerprint density at radius 1 is 1.23 bits per heavy atom. The number of halogens is 1. The maximum absolute atomic E-state index is 12.8. The van der Waals surface area contributed by atoms with Crippen LogP contribution in [0.3, 0.4) is 0 Å². The normalized spacial score (nSPS) is 26.0. The van der Waals surface area contributed by atoms with Crippen LogP contribution < -0.4 is 5.32 Å². The van der Waals surface area contributed by atoms with E-state index in [-0.39, 0.29) is 16.9 Å². The molecule has 2 heterocycles. The molecule has 0 aliphatic heterocycles. The number of benzene rings is 1. The summed E-state index contributed by atoms with van der Waals surface area (Å²) in [4.78, 5) is 21.7. The minimum Gasteiger partial charge on any atom is -0.346 e. The number of hydrogen-bond acceptors (Lipinski definition) is 6. The van der Waals surface area contributed by atoms with Gasteiger partial charge in [-0.1, -0.05) is 11.6 Å². The fourth-order valence-corrected chi connectivity index (χ4v) is 6.48. The summed E-state index contributed by atoms with van der Waals surface area (Å²) in [5.41, 5.74) is 1.60. The predicted molar refractivity (Wildman–Crippen MR) is 118 cm³/mol. The van der Waals surface area contributed by atoms with Crippen LogP contribution in [-0.4, -0.2) is 36.1 Å². The van der Waals surface area contributed by atoms with Gasteiger partial charge in [0.15, 0.2) is 9.84 Å². The molecule has 2 bridgehead atoms. The quantitative estimate of drug-likeness (QED) is 0.619. The number of nitrogens with zero attached hydrogens (tertiary/aromatic N) is 2. The number of carbonyl (C=O) groups excluding carboxylic acids is 1. The van der Waals surface area contributed by atoms with Gasteiger partial charge in [-0.2, -0.15) is 0 Å². The van der Waals surface area contributed by atoms with Gasteiger partial charge in [0, 0.05) is 34.0 Å². The predicted octanol–water partition coefficient (Wildman–Crippen LogP) is 4.05. The Labute approximate surface area is 183 Å². The van der Waals surface area contributed by atoms with E-state index in [1.165, 1.54) is 12.5 Å². The summed E-state index contributed by atoms with van der Waals surface area (Å²) >= 11 is 7.77. The molecule has 0 saturated heterocycles. The Hall–Kier alpha value is -2.03. The van der Waals surface area contributed by atoms with Gasteiger partial charge in [0.2, 0.25) is 0 Å². The average Bonchev–Trinajstić information content (AvgIpc) is 3.04. The molecule has 1 N–H and O–H groups in total. The summed E-state index contributed by atoms with van der Waals surface area (Å²) in [5.74, 6) is -0.191. The van der Waals surface area contributed by atoms with Crippen molar-refractivity contribution in [3.63, 3.8) is 0 Å². The Kier molecular flexibility index (Phi) is 4.30. The van der Waals surface area contributed by atoms with Gasteiger partial charge in [0.25, 0.3) is 5.91 Å². The zero-order valence-corrected chi connectivity index (χ0v) is 18.9. The van der Waals surface area contributed by atoms with Gasteiger partial charge in [0.1, 0.15) is 10.3 Å². The van der Waals surface area contributed by atoms with Crippen LogP contribution in [0.4, 0.5) is 0 Å². The third-order valence-corrected chi connectivity index (χ3v) is 9.36. The SMILES string of the molecule is CC(c1cc(C(=O)NC23CC(c4nc5cc(Cl)ccc5s4)(C2)C3)ccn1)S(C)(=O)=O. The number of amides is 1. The van der Waals surface area contributed by atoms with E-state index in [4.69, 9.17) is 16.6 Å². The number of nitrogens with one attached hydrogen (secondary N) is 1. The summed E-state index contributed by atoms with van der Waals surface area (Å²) in [6, 6.07) is 8.95. The topological polar surface area (TPSA) is 89.0 Å². The molecule has 3 aliphatic carbocycles. The third kappa shape index (κ3) is 3.13. The monoisotopic (exact) mass is 461 g/mol. The summed E-state index contributed by atoms with van der Waals surface area (Å²) < 4.78 is 24.7. The molecular weight excluding hydrogens is 442 g/mol. The maximum atomic E-state index is 12.8. The second-order valence-electron chi connectivity index (χ2n) is 8.62. The smallest absolute Gasteiger partial charge is 0.251 e. The molecule has 3 fully saturated rings. The third-order valence-electron chi connectivity index (χ3n) is 6.31. The molecule has 3 aliphatic rings. The summed E-state index contributed by atoms with van der Waals surface area (Å²) in [7, 11) is -3.28. The number of thiazole rings is 1. The molecule has 1 aromatic carbocycles. The van der Waals surface area contributed by atoms with Crippen LogP contribution in [0.15, 0.2) is 36.5 Å². The molecule has 1 atom stereocenters. The van der Waals surface area contributed by atoms with Crippen LogP contribution >= 0.6 is 22.9 Å². The van der Waals surface area contributed by atoms with Gasteiger partial charge in [-0.25, -0.2) is 13.4 Å². The highest BCUT2D eigenvalue weighted by molar-refractivity contribution is 7.90.